The minimum absolute atomic E-state index is 0.522. The average Bonchev–Trinajstić information content (AvgIpc) is 3.23. The summed E-state index contributed by atoms with van der Waals surface area (Å²) in [6.45, 7) is 6.82. The lowest BCUT2D eigenvalue weighted by molar-refractivity contribution is 0.458. The molecule has 104 valence electrons. The van der Waals surface area contributed by atoms with Crippen molar-refractivity contribution < 1.29 is 0 Å². The predicted molar refractivity (Wildman–Crippen MR) is 81.8 cm³/mol. The van der Waals surface area contributed by atoms with Gasteiger partial charge in [-0.05, 0) is 79.3 Å². The molecule has 1 aliphatic carbocycles. The van der Waals surface area contributed by atoms with Gasteiger partial charge < -0.3 is 11.1 Å². The standard InChI is InChI=1S/C17H26N2/c1-11(2)14-9-15(13-5-7-19-8-6-13)16(10-17(14)18)12-3-4-12/h9-13,19H,3-8,18H2,1-2H3. The van der Waals surface area contributed by atoms with Crippen LogP contribution in [0.4, 0.5) is 5.69 Å². The van der Waals surface area contributed by atoms with Gasteiger partial charge in [0, 0.05) is 5.69 Å². The number of rotatable bonds is 3. The molecule has 2 aliphatic rings. The van der Waals surface area contributed by atoms with Crippen molar-refractivity contribution in [3.05, 3.63) is 28.8 Å². The van der Waals surface area contributed by atoms with Crippen LogP contribution in [-0.4, -0.2) is 13.1 Å². The highest BCUT2D eigenvalue weighted by Gasteiger charge is 2.30. The van der Waals surface area contributed by atoms with Crippen LogP contribution >= 0.6 is 0 Å². The molecule has 1 heterocycles. The summed E-state index contributed by atoms with van der Waals surface area (Å²) in [6, 6.07) is 4.73. The molecule has 19 heavy (non-hydrogen) atoms. The zero-order valence-corrected chi connectivity index (χ0v) is 12.2. The second kappa shape index (κ2) is 5.16. The molecule has 0 amide bonds. The lowest BCUT2D eigenvalue weighted by Gasteiger charge is -2.27. The van der Waals surface area contributed by atoms with Crippen molar-refractivity contribution in [1.29, 1.82) is 0 Å². The van der Waals surface area contributed by atoms with Crippen LogP contribution in [0.2, 0.25) is 0 Å². The van der Waals surface area contributed by atoms with Crippen molar-refractivity contribution in [1.82, 2.24) is 5.32 Å². The van der Waals surface area contributed by atoms with E-state index in [0.717, 1.165) is 30.6 Å². The van der Waals surface area contributed by atoms with Gasteiger partial charge in [0.1, 0.15) is 0 Å². The summed E-state index contributed by atoms with van der Waals surface area (Å²) in [6.07, 6.45) is 5.28. The molecule has 1 aliphatic heterocycles. The fourth-order valence-corrected chi connectivity index (χ4v) is 3.40. The summed E-state index contributed by atoms with van der Waals surface area (Å²) < 4.78 is 0. The lowest BCUT2D eigenvalue weighted by atomic mass is 9.83. The van der Waals surface area contributed by atoms with Crippen molar-refractivity contribution in [2.75, 3.05) is 18.8 Å². The largest absolute Gasteiger partial charge is 0.398 e. The summed E-state index contributed by atoms with van der Waals surface area (Å²) in [5.74, 6) is 2.07. The number of benzene rings is 1. The van der Waals surface area contributed by atoms with E-state index in [1.165, 1.54) is 31.2 Å². The number of nitrogens with one attached hydrogen (secondary N) is 1. The molecule has 0 unspecified atom stereocenters. The van der Waals surface area contributed by atoms with Crippen LogP contribution < -0.4 is 11.1 Å². The van der Waals surface area contributed by atoms with Gasteiger partial charge in [-0.25, -0.2) is 0 Å². The van der Waals surface area contributed by atoms with E-state index in [0.29, 0.717) is 5.92 Å². The first-order valence-corrected chi connectivity index (χ1v) is 7.80. The zero-order valence-electron chi connectivity index (χ0n) is 12.2. The van der Waals surface area contributed by atoms with E-state index in [1.807, 2.05) is 0 Å². The first kappa shape index (κ1) is 13.0. The van der Waals surface area contributed by atoms with Gasteiger partial charge in [-0.3, -0.25) is 0 Å². The van der Waals surface area contributed by atoms with Gasteiger partial charge in [0.2, 0.25) is 0 Å². The molecule has 0 atom stereocenters. The molecular formula is C17H26N2. The number of piperidine rings is 1. The highest BCUT2D eigenvalue weighted by atomic mass is 14.9. The maximum absolute atomic E-state index is 6.27. The molecule has 0 spiro atoms. The van der Waals surface area contributed by atoms with E-state index < -0.39 is 0 Å². The first-order valence-electron chi connectivity index (χ1n) is 7.80. The minimum atomic E-state index is 0.522. The highest BCUT2D eigenvalue weighted by molar-refractivity contribution is 5.56. The molecule has 1 aromatic rings. The number of anilines is 1. The molecule has 0 aromatic heterocycles. The quantitative estimate of drug-likeness (QED) is 0.811. The Morgan fingerprint density at radius 3 is 2.16 bits per heavy atom. The van der Waals surface area contributed by atoms with E-state index in [-0.39, 0.29) is 0 Å². The molecule has 0 radical (unpaired) electrons. The van der Waals surface area contributed by atoms with Crippen LogP contribution in [0.5, 0.6) is 0 Å². The van der Waals surface area contributed by atoms with Crippen LogP contribution in [0.15, 0.2) is 12.1 Å². The van der Waals surface area contributed by atoms with E-state index in [2.05, 4.69) is 31.3 Å². The third kappa shape index (κ3) is 2.64. The van der Waals surface area contributed by atoms with E-state index in [1.54, 1.807) is 11.1 Å². The molecule has 3 N–H and O–H groups in total. The first-order chi connectivity index (χ1) is 9.16. The van der Waals surface area contributed by atoms with Crippen molar-refractivity contribution in [3.8, 4) is 0 Å². The Labute approximate surface area is 116 Å². The van der Waals surface area contributed by atoms with Crippen molar-refractivity contribution in [3.63, 3.8) is 0 Å². The molecule has 1 saturated heterocycles. The predicted octanol–water partition coefficient (Wildman–Crippen LogP) is 3.74. The fourth-order valence-electron chi connectivity index (χ4n) is 3.40. The second-order valence-electron chi connectivity index (χ2n) is 6.56. The van der Waals surface area contributed by atoms with Crippen LogP contribution in [0.3, 0.4) is 0 Å². The normalized spacial score (nSPS) is 21.0. The van der Waals surface area contributed by atoms with E-state index in [9.17, 15) is 0 Å². The highest BCUT2D eigenvalue weighted by Crippen LogP contribution is 2.46. The van der Waals surface area contributed by atoms with Crippen molar-refractivity contribution in [2.24, 2.45) is 0 Å². The molecule has 1 aromatic carbocycles. The summed E-state index contributed by atoms with van der Waals surface area (Å²) in [5.41, 5.74) is 11.8. The molecule has 0 bridgehead atoms. The third-order valence-corrected chi connectivity index (χ3v) is 4.71. The van der Waals surface area contributed by atoms with Gasteiger partial charge >= 0.3 is 0 Å². The van der Waals surface area contributed by atoms with Gasteiger partial charge in [-0.1, -0.05) is 19.9 Å². The molecular weight excluding hydrogens is 232 g/mol. The van der Waals surface area contributed by atoms with Crippen molar-refractivity contribution >= 4 is 5.69 Å². The third-order valence-electron chi connectivity index (χ3n) is 4.71. The summed E-state index contributed by atoms with van der Waals surface area (Å²) in [4.78, 5) is 0. The van der Waals surface area contributed by atoms with Gasteiger partial charge in [-0.2, -0.15) is 0 Å². The topological polar surface area (TPSA) is 38.0 Å². The Kier molecular flexibility index (Phi) is 3.53. The fraction of sp³-hybridized carbons (Fsp3) is 0.647. The smallest absolute Gasteiger partial charge is 0.0352 e. The van der Waals surface area contributed by atoms with Crippen LogP contribution in [0, 0.1) is 0 Å². The molecule has 2 fully saturated rings. The second-order valence-corrected chi connectivity index (χ2v) is 6.56. The Balaban J connectivity index is 2.00. The maximum Gasteiger partial charge on any atom is 0.0352 e. The van der Waals surface area contributed by atoms with Gasteiger partial charge in [0.25, 0.3) is 0 Å². The average molecular weight is 258 g/mol. The molecule has 1 saturated carbocycles. The molecule has 2 heteroatoms. The maximum atomic E-state index is 6.27. The number of hydrogen-bond acceptors (Lipinski definition) is 2. The van der Waals surface area contributed by atoms with Crippen LogP contribution in [-0.2, 0) is 0 Å². The zero-order chi connectivity index (χ0) is 13.4. The summed E-state index contributed by atoms with van der Waals surface area (Å²) in [7, 11) is 0. The minimum Gasteiger partial charge on any atom is -0.398 e. The Morgan fingerprint density at radius 2 is 1.58 bits per heavy atom. The Bertz CT molecular complexity index is 455. The number of nitrogens with two attached hydrogens (primary N) is 1. The monoisotopic (exact) mass is 258 g/mol. The van der Waals surface area contributed by atoms with E-state index >= 15 is 0 Å². The molecule has 3 rings (SSSR count). The molecule has 2 nitrogen and oxygen atoms in total. The van der Waals surface area contributed by atoms with Gasteiger partial charge in [-0.15, -0.1) is 0 Å². The van der Waals surface area contributed by atoms with Gasteiger partial charge in [0.15, 0.2) is 0 Å². The summed E-state index contributed by atoms with van der Waals surface area (Å²) in [5, 5.41) is 3.47. The van der Waals surface area contributed by atoms with Gasteiger partial charge in [0.05, 0.1) is 0 Å². The Morgan fingerprint density at radius 1 is 1.00 bits per heavy atom. The summed E-state index contributed by atoms with van der Waals surface area (Å²) >= 11 is 0. The SMILES string of the molecule is CC(C)c1cc(C2CCNCC2)c(C2CC2)cc1N. The van der Waals surface area contributed by atoms with E-state index in [4.69, 9.17) is 5.73 Å². The lowest BCUT2D eigenvalue weighted by Crippen LogP contribution is -2.27. The number of hydrogen-bond donors (Lipinski definition) is 2. The Hall–Kier alpha value is -1.02. The van der Waals surface area contributed by atoms with Crippen LogP contribution in [0.1, 0.15) is 74.0 Å². The van der Waals surface area contributed by atoms with Crippen molar-refractivity contribution in [2.45, 2.75) is 57.3 Å². The number of nitrogen functional groups attached to an aromatic ring is 1. The van der Waals surface area contributed by atoms with Crippen LogP contribution in [0.25, 0.3) is 0 Å².